The van der Waals surface area contributed by atoms with E-state index in [1.165, 1.54) is 0 Å². The van der Waals surface area contributed by atoms with Crippen LogP contribution in [0.5, 0.6) is 0 Å². The molecule has 27 heavy (non-hydrogen) atoms. The van der Waals surface area contributed by atoms with Gasteiger partial charge in [-0.1, -0.05) is 59.6 Å². The van der Waals surface area contributed by atoms with Crippen molar-refractivity contribution in [2.24, 2.45) is 0 Å². The van der Waals surface area contributed by atoms with Gasteiger partial charge in [-0.2, -0.15) is 0 Å². The average Bonchev–Trinajstić information content (AvgIpc) is 2.67. The van der Waals surface area contributed by atoms with Crippen LogP contribution in [0.25, 0.3) is 10.8 Å². The van der Waals surface area contributed by atoms with Crippen molar-refractivity contribution in [1.82, 2.24) is 10.6 Å². The number of carbonyl (C=O) groups is 2. The second-order valence-corrected chi connectivity index (χ2v) is 6.92. The summed E-state index contributed by atoms with van der Waals surface area (Å²) < 4.78 is 0. The monoisotopic (exact) mass is 400 g/mol. The minimum absolute atomic E-state index is 0.0833. The van der Waals surface area contributed by atoms with Crippen LogP contribution < -0.4 is 10.6 Å². The summed E-state index contributed by atoms with van der Waals surface area (Å²) in [6, 6.07) is 18.5. The Labute approximate surface area is 167 Å². The van der Waals surface area contributed by atoms with E-state index in [1.54, 1.807) is 18.2 Å². The van der Waals surface area contributed by atoms with E-state index in [2.05, 4.69) is 10.6 Å². The molecule has 0 aromatic heterocycles. The minimum atomic E-state index is -0.281. The Hall–Kier alpha value is -2.56. The summed E-state index contributed by atoms with van der Waals surface area (Å²) in [4.78, 5) is 24.2. The van der Waals surface area contributed by atoms with Crippen LogP contribution in [0.15, 0.2) is 60.7 Å². The molecular weight excluding hydrogens is 383 g/mol. The molecule has 0 saturated carbocycles. The smallest absolute Gasteiger partial charge is 0.251 e. The maximum Gasteiger partial charge on any atom is 0.251 e. The standard InChI is InChI=1S/C21H18Cl2N2O2/c22-18-8-7-15(19(23)12-18)9-10-24-20(26)13-25-21(27)17-6-5-14-3-1-2-4-16(14)11-17/h1-8,11-12H,9-10,13H2,(H,24,26)(H,25,27). The fraction of sp³-hybridized carbons (Fsp3) is 0.143. The van der Waals surface area contributed by atoms with Gasteiger partial charge in [-0.25, -0.2) is 0 Å². The van der Waals surface area contributed by atoms with E-state index < -0.39 is 0 Å². The summed E-state index contributed by atoms with van der Waals surface area (Å²) in [7, 11) is 0. The third-order valence-corrected chi connectivity index (χ3v) is 4.74. The number of fused-ring (bicyclic) bond motifs is 1. The first-order valence-corrected chi connectivity index (χ1v) is 9.26. The highest BCUT2D eigenvalue weighted by atomic mass is 35.5. The zero-order valence-corrected chi connectivity index (χ0v) is 16.0. The van der Waals surface area contributed by atoms with Crippen molar-refractivity contribution in [3.8, 4) is 0 Å². The SMILES string of the molecule is O=C(CNC(=O)c1ccc2ccccc2c1)NCCc1ccc(Cl)cc1Cl. The van der Waals surface area contributed by atoms with E-state index in [0.29, 0.717) is 28.6 Å². The molecule has 0 aliphatic heterocycles. The molecular formula is C21H18Cl2N2O2. The third kappa shape index (κ3) is 5.22. The lowest BCUT2D eigenvalue weighted by molar-refractivity contribution is -0.120. The molecule has 0 spiro atoms. The molecule has 2 amide bonds. The molecule has 3 rings (SSSR count). The van der Waals surface area contributed by atoms with Crippen LogP contribution in [0.2, 0.25) is 10.0 Å². The first-order chi connectivity index (χ1) is 13.0. The van der Waals surface area contributed by atoms with Gasteiger partial charge in [-0.05, 0) is 47.0 Å². The number of carbonyl (C=O) groups excluding carboxylic acids is 2. The van der Waals surface area contributed by atoms with E-state index in [-0.39, 0.29) is 18.4 Å². The Bertz CT molecular complexity index is 989. The van der Waals surface area contributed by atoms with Gasteiger partial charge in [-0.3, -0.25) is 9.59 Å². The molecule has 3 aromatic carbocycles. The van der Waals surface area contributed by atoms with Crippen LogP contribution in [0.3, 0.4) is 0 Å². The van der Waals surface area contributed by atoms with E-state index in [0.717, 1.165) is 16.3 Å². The Morgan fingerprint density at radius 2 is 1.63 bits per heavy atom. The molecule has 3 aromatic rings. The lowest BCUT2D eigenvalue weighted by Gasteiger charge is -2.09. The van der Waals surface area contributed by atoms with Gasteiger partial charge in [0.15, 0.2) is 0 Å². The Morgan fingerprint density at radius 1 is 0.852 bits per heavy atom. The number of benzene rings is 3. The van der Waals surface area contributed by atoms with Gasteiger partial charge >= 0.3 is 0 Å². The molecule has 0 unspecified atom stereocenters. The average molecular weight is 401 g/mol. The van der Waals surface area contributed by atoms with Crippen LogP contribution in [0.4, 0.5) is 0 Å². The topological polar surface area (TPSA) is 58.2 Å². The van der Waals surface area contributed by atoms with E-state index in [1.807, 2.05) is 42.5 Å². The summed E-state index contributed by atoms with van der Waals surface area (Å²) in [5.74, 6) is -0.536. The molecule has 0 bridgehead atoms. The molecule has 2 N–H and O–H groups in total. The molecule has 138 valence electrons. The Morgan fingerprint density at radius 3 is 2.41 bits per heavy atom. The molecule has 0 atom stereocenters. The molecule has 6 heteroatoms. The zero-order chi connectivity index (χ0) is 19.2. The molecule has 0 aliphatic rings. The zero-order valence-electron chi connectivity index (χ0n) is 14.5. The third-order valence-electron chi connectivity index (χ3n) is 4.15. The fourth-order valence-electron chi connectivity index (χ4n) is 2.72. The van der Waals surface area contributed by atoms with Gasteiger partial charge in [0.2, 0.25) is 5.91 Å². The summed E-state index contributed by atoms with van der Waals surface area (Å²) >= 11 is 12.0. The van der Waals surface area contributed by atoms with Crippen molar-refractivity contribution in [2.75, 3.05) is 13.1 Å². The molecule has 0 saturated heterocycles. The first kappa shape index (κ1) is 19.2. The predicted octanol–water partition coefficient (Wildman–Crippen LogP) is 4.24. The number of amides is 2. The number of halogens is 2. The van der Waals surface area contributed by atoms with Crippen molar-refractivity contribution >= 4 is 45.8 Å². The molecule has 0 heterocycles. The van der Waals surface area contributed by atoms with Gasteiger partial charge in [0.25, 0.3) is 5.91 Å². The summed E-state index contributed by atoms with van der Waals surface area (Å²) in [6.45, 7) is 0.339. The van der Waals surface area contributed by atoms with Crippen molar-refractivity contribution in [2.45, 2.75) is 6.42 Å². The van der Waals surface area contributed by atoms with Crippen molar-refractivity contribution < 1.29 is 9.59 Å². The lowest BCUT2D eigenvalue weighted by atomic mass is 10.1. The van der Waals surface area contributed by atoms with Gasteiger partial charge in [-0.15, -0.1) is 0 Å². The van der Waals surface area contributed by atoms with E-state index in [4.69, 9.17) is 23.2 Å². The normalized spacial score (nSPS) is 10.6. The second kappa shape index (κ2) is 8.89. The van der Waals surface area contributed by atoms with E-state index >= 15 is 0 Å². The van der Waals surface area contributed by atoms with Gasteiger partial charge in [0, 0.05) is 22.2 Å². The van der Waals surface area contributed by atoms with Gasteiger partial charge < -0.3 is 10.6 Å². The highest BCUT2D eigenvalue weighted by molar-refractivity contribution is 6.35. The first-order valence-electron chi connectivity index (χ1n) is 8.50. The van der Waals surface area contributed by atoms with Crippen LogP contribution in [0, 0.1) is 0 Å². The fourth-order valence-corrected chi connectivity index (χ4v) is 3.22. The van der Waals surface area contributed by atoms with Gasteiger partial charge in [0.1, 0.15) is 0 Å². The molecule has 4 nitrogen and oxygen atoms in total. The molecule has 0 aliphatic carbocycles. The number of nitrogens with one attached hydrogen (secondary N) is 2. The maximum absolute atomic E-state index is 12.2. The predicted molar refractivity (Wildman–Crippen MR) is 109 cm³/mol. The quantitative estimate of drug-likeness (QED) is 0.649. The molecule has 0 fully saturated rings. The van der Waals surface area contributed by atoms with Crippen LogP contribution in [-0.4, -0.2) is 24.9 Å². The van der Waals surface area contributed by atoms with Crippen molar-refractivity contribution in [3.63, 3.8) is 0 Å². The minimum Gasteiger partial charge on any atom is -0.354 e. The summed E-state index contributed by atoms with van der Waals surface area (Å²) in [5, 5.41) is 8.59. The van der Waals surface area contributed by atoms with Crippen LogP contribution in [0.1, 0.15) is 15.9 Å². The summed E-state index contributed by atoms with van der Waals surface area (Å²) in [5.41, 5.74) is 1.43. The largest absolute Gasteiger partial charge is 0.354 e. The van der Waals surface area contributed by atoms with Crippen LogP contribution in [-0.2, 0) is 11.2 Å². The number of rotatable bonds is 6. The van der Waals surface area contributed by atoms with Crippen molar-refractivity contribution in [1.29, 1.82) is 0 Å². The van der Waals surface area contributed by atoms with Crippen LogP contribution >= 0.6 is 23.2 Å². The number of hydrogen-bond acceptors (Lipinski definition) is 2. The maximum atomic E-state index is 12.2. The second-order valence-electron chi connectivity index (χ2n) is 6.08. The highest BCUT2D eigenvalue weighted by Crippen LogP contribution is 2.21. The van der Waals surface area contributed by atoms with Gasteiger partial charge in [0.05, 0.1) is 6.54 Å². The Kier molecular flexibility index (Phi) is 6.32. The van der Waals surface area contributed by atoms with Crippen molar-refractivity contribution in [3.05, 3.63) is 81.8 Å². The Balaban J connectivity index is 1.47. The van der Waals surface area contributed by atoms with E-state index in [9.17, 15) is 9.59 Å². The number of hydrogen-bond donors (Lipinski definition) is 2. The summed E-state index contributed by atoms with van der Waals surface area (Å²) in [6.07, 6.45) is 0.584. The highest BCUT2D eigenvalue weighted by Gasteiger charge is 2.09. The lowest BCUT2D eigenvalue weighted by Crippen LogP contribution is -2.37. The molecule has 0 radical (unpaired) electrons.